The number of ether oxygens (including phenoxy) is 1. The highest BCUT2D eigenvalue weighted by Gasteiger charge is 2.39. The molecule has 0 aliphatic heterocycles. The molecule has 0 amide bonds. The summed E-state index contributed by atoms with van der Waals surface area (Å²) in [5.41, 5.74) is 1.41. The van der Waals surface area contributed by atoms with Gasteiger partial charge in [0.1, 0.15) is 24.0 Å². The molecule has 0 saturated carbocycles. The Morgan fingerprint density at radius 3 is 1.85 bits per heavy atom. The van der Waals surface area contributed by atoms with Crippen molar-refractivity contribution in [3.05, 3.63) is 88.0 Å². The Kier molecular flexibility index (Phi) is 7.60. The number of halogens is 4. The molecule has 0 radical (unpaired) electrons. The van der Waals surface area contributed by atoms with Crippen molar-refractivity contribution in [1.29, 1.82) is 0 Å². The topological polar surface area (TPSA) is 9.23 Å². The molecule has 34 heavy (non-hydrogen) atoms. The second-order valence-corrected chi connectivity index (χ2v) is 8.94. The van der Waals surface area contributed by atoms with Gasteiger partial charge in [-0.25, -0.2) is 17.6 Å². The summed E-state index contributed by atoms with van der Waals surface area (Å²) in [6, 6.07) is 13.8. The Balaban J connectivity index is 1.57. The second kappa shape index (κ2) is 10.6. The zero-order valence-electron chi connectivity index (χ0n) is 19.6. The number of benzene rings is 3. The second-order valence-electron chi connectivity index (χ2n) is 8.94. The fourth-order valence-corrected chi connectivity index (χ4v) is 4.64. The predicted octanol–water partition coefficient (Wildman–Crippen LogP) is 8.93. The molecule has 180 valence electrons. The molecule has 2 unspecified atom stereocenters. The lowest BCUT2D eigenvalue weighted by atomic mass is 9.81. The van der Waals surface area contributed by atoms with E-state index in [9.17, 15) is 4.39 Å². The number of unbranched alkanes of at least 4 members (excludes halogenated alkanes) is 2. The van der Waals surface area contributed by atoms with Crippen molar-refractivity contribution in [3.63, 3.8) is 0 Å². The van der Waals surface area contributed by atoms with E-state index in [0.29, 0.717) is 24.2 Å². The van der Waals surface area contributed by atoms with Crippen LogP contribution in [-0.2, 0) is 19.4 Å². The number of aryl methyl sites for hydroxylation is 2. The molecule has 1 aliphatic rings. The molecule has 3 aromatic carbocycles. The first-order valence-corrected chi connectivity index (χ1v) is 12.1. The van der Waals surface area contributed by atoms with Crippen molar-refractivity contribution < 1.29 is 22.3 Å². The van der Waals surface area contributed by atoms with Crippen LogP contribution in [0.1, 0.15) is 79.7 Å². The Morgan fingerprint density at radius 2 is 1.26 bits per heavy atom. The lowest BCUT2D eigenvalue weighted by Crippen LogP contribution is -2.17. The van der Waals surface area contributed by atoms with E-state index in [1.807, 2.05) is 31.2 Å². The minimum absolute atomic E-state index is 0.116. The third-order valence-electron chi connectivity index (χ3n) is 6.52. The summed E-state index contributed by atoms with van der Waals surface area (Å²) in [5, 5.41) is 0. The lowest BCUT2D eigenvalue weighted by Gasteiger charge is -2.28. The number of fused-ring (bicyclic) bond motifs is 3. The first-order valence-electron chi connectivity index (χ1n) is 12.1. The molecule has 0 heterocycles. The average molecular weight is 471 g/mol. The summed E-state index contributed by atoms with van der Waals surface area (Å²) in [5.74, 6) is -0.994. The molecular formula is C29H30F4O. The van der Waals surface area contributed by atoms with Crippen molar-refractivity contribution in [1.82, 2.24) is 0 Å². The van der Waals surface area contributed by atoms with E-state index in [2.05, 4.69) is 6.92 Å². The normalized spacial score (nSPS) is 16.8. The summed E-state index contributed by atoms with van der Waals surface area (Å²) >= 11 is 0. The lowest BCUT2D eigenvalue weighted by molar-refractivity contribution is 0.159. The molecule has 2 atom stereocenters. The summed E-state index contributed by atoms with van der Waals surface area (Å²) in [4.78, 5) is 0. The van der Waals surface area contributed by atoms with Gasteiger partial charge >= 0.3 is 0 Å². The molecule has 0 aromatic heterocycles. The highest BCUT2D eigenvalue weighted by molar-refractivity contribution is 5.76. The zero-order chi connectivity index (χ0) is 24.2. The first kappa shape index (κ1) is 24.3. The Bertz CT molecular complexity index is 1140. The number of hydrogen-bond acceptors (Lipinski definition) is 1. The minimum atomic E-state index is -2.28. The van der Waals surface area contributed by atoms with Gasteiger partial charge in [-0.1, -0.05) is 69.5 Å². The summed E-state index contributed by atoms with van der Waals surface area (Å²) in [6.45, 7) is 3.94. The third-order valence-corrected chi connectivity index (χ3v) is 6.52. The predicted molar refractivity (Wildman–Crippen MR) is 127 cm³/mol. The van der Waals surface area contributed by atoms with Crippen LogP contribution < -0.4 is 4.74 Å². The highest BCUT2D eigenvalue weighted by Crippen LogP contribution is 2.51. The van der Waals surface area contributed by atoms with Crippen LogP contribution in [0.2, 0.25) is 0 Å². The van der Waals surface area contributed by atoms with E-state index >= 15 is 13.2 Å². The van der Waals surface area contributed by atoms with Crippen LogP contribution in [0.5, 0.6) is 5.75 Å². The zero-order valence-corrected chi connectivity index (χ0v) is 19.6. The summed E-state index contributed by atoms with van der Waals surface area (Å²) in [6.07, 6.45) is 1.05. The van der Waals surface area contributed by atoms with Crippen LogP contribution in [-0.4, -0.2) is 0 Å². The molecular weight excluding hydrogens is 440 g/mol. The van der Waals surface area contributed by atoms with Gasteiger partial charge in [-0.15, -0.1) is 0 Å². The van der Waals surface area contributed by atoms with Crippen LogP contribution in [0.15, 0.2) is 48.5 Å². The van der Waals surface area contributed by atoms with Gasteiger partial charge in [-0.2, -0.15) is 0 Å². The maximum atomic E-state index is 15.3. The SMILES string of the molecule is CCCCCc1ccc(OCc2ccc3c(c2F)C(F)C(F)c2c-3ccc(CCC)c2F)cc1. The molecule has 5 heteroatoms. The number of alkyl halides is 2. The maximum absolute atomic E-state index is 15.3. The van der Waals surface area contributed by atoms with Crippen molar-refractivity contribution in [2.75, 3.05) is 0 Å². The number of rotatable bonds is 9. The smallest absolute Gasteiger partial charge is 0.164 e. The van der Waals surface area contributed by atoms with Crippen LogP contribution in [0.25, 0.3) is 11.1 Å². The number of hydrogen-bond donors (Lipinski definition) is 0. The van der Waals surface area contributed by atoms with Crippen LogP contribution in [0.4, 0.5) is 17.6 Å². The van der Waals surface area contributed by atoms with Crippen molar-refractivity contribution >= 4 is 0 Å². The average Bonchev–Trinajstić information content (AvgIpc) is 2.84. The van der Waals surface area contributed by atoms with Crippen molar-refractivity contribution in [2.45, 2.75) is 71.3 Å². The molecule has 1 nitrogen and oxygen atoms in total. The van der Waals surface area contributed by atoms with E-state index in [0.717, 1.165) is 19.3 Å². The van der Waals surface area contributed by atoms with E-state index < -0.39 is 24.0 Å². The molecule has 0 saturated heterocycles. The third kappa shape index (κ3) is 4.70. The van der Waals surface area contributed by atoms with Gasteiger partial charge in [0.05, 0.1) is 0 Å². The summed E-state index contributed by atoms with van der Waals surface area (Å²) < 4.78 is 66.1. The molecule has 1 aliphatic carbocycles. The standard InChI is InChI=1S/C29H30F4O/c1-3-5-6-8-18-9-13-21(14-10-18)34-17-20-12-16-23-22-15-11-19(7-4-2)26(30)24(22)28(32)29(33)25(23)27(20)31/h9-16,28-29H,3-8,17H2,1-2H3. The molecule has 0 spiro atoms. The van der Waals surface area contributed by atoms with Crippen LogP contribution >= 0.6 is 0 Å². The fourth-order valence-electron chi connectivity index (χ4n) is 4.64. The Labute approximate surface area is 198 Å². The van der Waals surface area contributed by atoms with Crippen molar-refractivity contribution in [2.24, 2.45) is 0 Å². The van der Waals surface area contributed by atoms with Gasteiger partial charge in [0.25, 0.3) is 0 Å². The van der Waals surface area contributed by atoms with Crippen molar-refractivity contribution in [3.8, 4) is 16.9 Å². The maximum Gasteiger partial charge on any atom is 0.164 e. The van der Waals surface area contributed by atoms with E-state index in [4.69, 9.17) is 4.74 Å². The molecule has 0 fully saturated rings. The highest BCUT2D eigenvalue weighted by atomic mass is 19.2. The Hall–Kier alpha value is -2.82. The van der Waals surface area contributed by atoms with E-state index in [1.165, 1.54) is 24.1 Å². The van der Waals surface area contributed by atoms with Gasteiger partial charge in [-0.3, -0.25) is 0 Å². The van der Waals surface area contributed by atoms with Gasteiger partial charge < -0.3 is 4.74 Å². The largest absolute Gasteiger partial charge is 0.489 e. The summed E-state index contributed by atoms with van der Waals surface area (Å²) in [7, 11) is 0. The monoisotopic (exact) mass is 470 g/mol. The van der Waals surface area contributed by atoms with Crippen LogP contribution in [0, 0.1) is 11.6 Å². The first-order chi connectivity index (χ1) is 16.5. The molecule has 0 bridgehead atoms. The minimum Gasteiger partial charge on any atom is -0.489 e. The fraction of sp³-hybridized carbons (Fsp3) is 0.379. The Morgan fingerprint density at radius 1 is 0.676 bits per heavy atom. The molecule has 0 N–H and O–H groups in total. The molecule has 3 aromatic rings. The van der Waals surface area contributed by atoms with E-state index in [-0.39, 0.29) is 34.4 Å². The quantitative estimate of drug-likeness (QED) is 0.224. The van der Waals surface area contributed by atoms with E-state index in [1.54, 1.807) is 12.1 Å². The van der Waals surface area contributed by atoms with Gasteiger partial charge in [0.2, 0.25) is 0 Å². The van der Waals surface area contributed by atoms with Gasteiger partial charge in [-0.05, 0) is 53.6 Å². The molecule has 4 rings (SSSR count). The van der Waals surface area contributed by atoms with Gasteiger partial charge in [0.15, 0.2) is 12.3 Å². The van der Waals surface area contributed by atoms with Gasteiger partial charge in [0, 0.05) is 16.7 Å². The van der Waals surface area contributed by atoms with Crippen LogP contribution in [0.3, 0.4) is 0 Å².